The minimum absolute atomic E-state index is 0.0290. The minimum Gasteiger partial charge on any atom is -0.569 e. The Hall–Kier alpha value is -4.71. The quantitative estimate of drug-likeness (QED) is 0.136. The third-order valence-corrected chi connectivity index (χ3v) is 4.67. The van der Waals surface area contributed by atoms with Crippen molar-refractivity contribution in [1.82, 2.24) is 14.9 Å². The molecule has 0 N–H and O–H groups in total. The molecule has 1 aromatic rings. The van der Waals surface area contributed by atoms with Crippen molar-refractivity contribution < 1.29 is 39.0 Å². The Morgan fingerprint density at radius 3 is 2.03 bits per heavy atom. The smallest absolute Gasteiger partial charge is 0.409 e. The molecule has 0 unspecified atom stereocenters. The van der Waals surface area contributed by atoms with Crippen LogP contribution in [0.15, 0.2) is 22.7 Å². The molecule has 1 fully saturated rings. The molecule has 0 atom stereocenters. The summed E-state index contributed by atoms with van der Waals surface area (Å²) < 4.78 is 5.12. The zero-order chi connectivity index (χ0) is 26.8. The number of amides is 1. The van der Waals surface area contributed by atoms with E-state index >= 15 is 0 Å². The molecule has 2 rings (SSSR count). The van der Waals surface area contributed by atoms with Crippen molar-refractivity contribution in [3.63, 3.8) is 0 Å². The number of hydrogen-bond acceptors (Lipinski definition) is 12. The molecule has 1 aromatic carbocycles. The first-order chi connectivity index (χ1) is 17.0. The van der Waals surface area contributed by atoms with Crippen molar-refractivity contribution in [2.45, 2.75) is 19.8 Å². The Morgan fingerprint density at radius 2 is 1.53 bits per heavy atom. The van der Waals surface area contributed by atoms with Gasteiger partial charge in [0.25, 0.3) is 0 Å². The number of carbonyl (C=O) groups is 1. The van der Waals surface area contributed by atoms with Crippen LogP contribution in [0, 0.1) is 30.6 Å². The van der Waals surface area contributed by atoms with Gasteiger partial charge in [-0.25, -0.2) is 4.79 Å². The molecule has 19 nitrogen and oxygen atoms in total. The number of piperazine rings is 1. The standard InChI is InChI=1S/C17H25N9O10/c1-4-5-10-34-17(27)21-6-8-22(9-7-21)26(33)19-36-16-12-15(35-18-25(32)20(2)3)13(23(28)29)11-14(16)24(30)31/h11-12H,4-10H2,1-3H3/b25-18-,26-19-. The van der Waals surface area contributed by atoms with Crippen molar-refractivity contribution in [3.05, 3.63) is 42.8 Å². The number of nitrogens with zero attached hydrogens (tertiary/aromatic N) is 9. The van der Waals surface area contributed by atoms with Crippen LogP contribution in [0.3, 0.4) is 0 Å². The third kappa shape index (κ3) is 7.40. The Balaban J connectivity index is 2.17. The first kappa shape index (κ1) is 27.5. The monoisotopic (exact) mass is 515 g/mol. The molecular weight excluding hydrogens is 490 g/mol. The van der Waals surface area contributed by atoms with E-state index in [2.05, 4.69) is 10.6 Å². The highest BCUT2D eigenvalue weighted by Gasteiger charge is 2.30. The normalized spacial score (nSPS) is 14.3. The average molecular weight is 515 g/mol. The SMILES string of the molecule is CCCCOC(=O)N1CCN(/[N+]([O-])=N/Oc2cc(O/N=[N+](\[O-])N(C)C)c([N+](=O)[O-])cc2[N+](=O)[O-])CC1. The van der Waals surface area contributed by atoms with Gasteiger partial charge in [-0.05, 0) is 6.42 Å². The van der Waals surface area contributed by atoms with Gasteiger partial charge in [0, 0.05) is 19.2 Å². The predicted molar refractivity (Wildman–Crippen MR) is 116 cm³/mol. The van der Waals surface area contributed by atoms with Crippen LogP contribution in [-0.2, 0) is 4.74 Å². The molecule has 1 amide bonds. The third-order valence-electron chi connectivity index (χ3n) is 4.67. The predicted octanol–water partition coefficient (Wildman–Crippen LogP) is 1.96. The lowest BCUT2D eigenvalue weighted by Crippen LogP contribution is -2.50. The zero-order valence-electron chi connectivity index (χ0n) is 19.7. The Bertz CT molecular complexity index is 1020. The number of nitro benzene ring substituents is 2. The highest BCUT2D eigenvalue weighted by atomic mass is 16.7. The van der Waals surface area contributed by atoms with Gasteiger partial charge in [0.2, 0.25) is 22.1 Å². The van der Waals surface area contributed by atoms with Crippen LogP contribution >= 0.6 is 0 Å². The second kappa shape index (κ2) is 12.7. The van der Waals surface area contributed by atoms with Crippen LogP contribution in [0.1, 0.15) is 19.8 Å². The number of unbranched alkanes of at least 4 members (excludes halogenated alkanes) is 1. The summed E-state index contributed by atoms with van der Waals surface area (Å²) in [6.45, 7) is 2.71. The maximum absolute atomic E-state index is 12.3. The van der Waals surface area contributed by atoms with Crippen LogP contribution in [0.5, 0.6) is 11.5 Å². The topological polar surface area (TPSA) is 218 Å². The summed E-state index contributed by atoms with van der Waals surface area (Å²) in [6, 6.07) is 1.21. The summed E-state index contributed by atoms with van der Waals surface area (Å²) in [5, 5.41) is 55.0. The molecule has 0 radical (unpaired) electrons. The fourth-order valence-electron chi connectivity index (χ4n) is 2.70. The van der Waals surface area contributed by atoms with E-state index in [1.165, 1.54) is 19.0 Å². The van der Waals surface area contributed by atoms with E-state index in [-0.39, 0.29) is 36.1 Å². The number of carbonyl (C=O) groups excluding carboxylic acids is 1. The number of ether oxygens (including phenoxy) is 1. The summed E-state index contributed by atoms with van der Waals surface area (Å²) in [5.41, 5.74) is -1.77. The van der Waals surface area contributed by atoms with Crippen molar-refractivity contribution in [2.75, 3.05) is 46.9 Å². The average Bonchev–Trinajstić information content (AvgIpc) is 2.85. The first-order valence-electron chi connectivity index (χ1n) is 10.6. The fourth-order valence-corrected chi connectivity index (χ4v) is 2.70. The van der Waals surface area contributed by atoms with Crippen molar-refractivity contribution >= 4 is 17.5 Å². The summed E-state index contributed by atoms with van der Waals surface area (Å²) in [4.78, 5) is 43.7. The highest BCUT2D eigenvalue weighted by Crippen LogP contribution is 2.39. The van der Waals surface area contributed by atoms with Gasteiger partial charge >= 0.3 is 17.5 Å². The molecule has 1 saturated heterocycles. The molecule has 0 aliphatic carbocycles. The van der Waals surface area contributed by atoms with Gasteiger partial charge in [-0.2, -0.15) is 5.01 Å². The van der Waals surface area contributed by atoms with E-state index in [1.54, 1.807) is 0 Å². The molecular formula is C17H25N9O10. The Morgan fingerprint density at radius 1 is 0.972 bits per heavy atom. The number of hydrazine groups is 2. The molecule has 0 saturated carbocycles. The van der Waals surface area contributed by atoms with Gasteiger partial charge < -0.3 is 20.1 Å². The van der Waals surface area contributed by atoms with E-state index in [0.717, 1.165) is 22.9 Å². The Labute approximate surface area is 203 Å². The lowest BCUT2D eigenvalue weighted by Gasteiger charge is -2.30. The van der Waals surface area contributed by atoms with Crippen molar-refractivity contribution in [3.8, 4) is 11.5 Å². The minimum atomic E-state index is -0.990. The second-order valence-electron chi connectivity index (χ2n) is 7.41. The largest absolute Gasteiger partial charge is 0.569 e. The number of hydrogen-bond donors (Lipinski definition) is 0. The molecule has 1 aliphatic rings. The number of nitro groups is 2. The summed E-state index contributed by atoms with van der Waals surface area (Å²) in [5.74, 6) is -1.36. The maximum atomic E-state index is 12.3. The van der Waals surface area contributed by atoms with Crippen molar-refractivity contribution in [2.24, 2.45) is 10.6 Å². The van der Waals surface area contributed by atoms with E-state index < -0.39 is 38.8 Å². The van der Waals surface area contributed by atoms with E-state index in [0.29, 0.717) is 18.7 Å². The zero-order valence-corrected chi connectivity index (χ0v) is 19.7. The van der Waals surface area contributed by atoms with Crippen LogP contribution in [0.4, 0.5) is 16.2 Å². The Kier molecular flexibility index (Phi) is 9.69. The lowest BCUT2D eigenvalue weighted by atomic mass is 10.2. The van der Waals surface area contributed by atoms with E-state index in [4.69, 9.17) is 14.4 Å². The highest BCUT2D eigenvalue weighted by molar-refractivity contribution is 5.67. The van der Waals surface area contributed by atoms with Crippen LogP contribution in [0.25, 0.3) is 0 Å². The lowest BCUT2D eigenvalue weighted by molar-refractivity contribution is -0.708. The molecule has 36 heavy (non-hydrogen) atoms. The van der Waals surface area contributed by atoms with Gasteiger partial charge in [-0.1, -0.05) is 13.3 Å². The van der Waals surface area contributed by atoms with Gasteiger partial charge in [0.15, 0.2) is 0 Å². The van der Waals surface area contributed by atoms with Gasteiger partial charge in [-0.15, -0.1) is 5.01 Å². The number of rotatable bonds is 11. The summed E-state index contributed by atoms with van der Waals surface area (Å²) in [7, 11) is 2.63. The molecule has 19 heteroatoms. The molecule has 0 aromatic heterocycles. The summed E-state index contributed by atoms with van der Waals surface area (Å²) in [6.07, 6.45) is 1.10. The second-order valence-corrected chi connectivity index (χ2v) is 7.41. The van der Waals surface area contributed by atoms with Crippen molar-refractivity contribution in [1.29, 1.82) is 0 Å². The maximum Gasteiger partial charge on any atom is 0.409 e. The molecule has 0 bridgehead atoms. The molecule has 1 aliphatic heterocycles. The van der Waals surface area contributed by atoms with E-state index in [9.17, 15) is 35.4 Å². The summed E-state index contributed by atoms with van der Waals surface area (Å²) >= 11 is 0. The molecule has 0 spiro atoms. The number of benzene rings is 1. The van der Waals surface area contributed by atoms with E-state index in [1.807, 2.05) is 6.92 Å². The first-order valence-corrected chi connectivity index (χ1v) is 10.6. The van der Waals surface area contributed by atoms with Gasteiger partial charge in [-0.3, -0.25) is 29.9 Å². The van der Waals surface area contributed by atoms with Gasteiger partial charge in [0.05, 0.1) is 53.6 Å². The fraction of sp³-hybridized carbons (Fsp3) is 0.588. The van der Waals surface area contributed by atoms with Crippen LogP contribution < -0.4 is 9.68 Å². The van der Waals surface area contributed by atoms with Gasteiger partial charge in [0.1, 0.15) is 6.07 Å². The van der Waals surface area contributed by atoms with Crippen LogP contribution in [0.2, 0.25) is 0 Å². The van der Waals surface area contributed by atoms with Crippen LogP contribution in [-0.4, -0.2) is 87.7 Å². The molecule has 198 valence electrons. The molecule has 1 heterocycles.